The molecule has 8 heteroatoms. The molecule has 0 bridgehead atoms. The summed E-state index contributed by atoms with van der Waals surface area (Å²) < 4.78 is 11.1. The second-order valence-corrected chi connectivity index (χ2v) is 7.49. The average Bonchev–Trinajstić information content (AvgIpc) is 3.11. The van der Waals surface area contributed by atoms with Crippen LogP contribution in [0.1, 0.15) is 31.2 Å². The van der Waals surface area contributed by atoms with Gasteiger partial charge in [0.05, 0.1) is 17.0 Å². The average molecular weight is 426 g/mol. The number of aryl methyl sites for hydroxylation is 2. The molecule has 2 heterocycles. The highest BCUT2D eigenvalue weighted by molar-refractivity contribution is 5.70. The van der Waals surface area contributed by atoms with Crippen molar-refractivity contribution in [3.05, 3.63) is 41.8 Å². The van der Waals surface area contributed by atoms with E-state index in [1.165, 1.54) is 0 Å². The molecule has 0 radical (unpaired) electrons. The van der Waals surface area contributed by atoms with Crippen LogP contribution < -0.4 is 15.4 Å². The van der Waals surface area contributed by atoms with Gasteiger partial charge >= 0.3 is 0 Å². The minimum absolute atomic E-state index is 0.202. The molecule has 0 saturated carbocycles. The summed E-state index contributed by atoms with van der Waals surface area (Å²) in [6.45, 7) is 7.44. The van der Waals surface area contributed by atoms with Crippen molar-refractivity contribution in [1.29, 1.82) is 0 Å². The van der Waals surface area contributed by atoms with E-state index in [4.69, 9.17) is 19.2 Å². The molecule has 0 aliphatic carbocycles. The monoisotopic (exact) mass is 425 g/mol. The summed E-state index contributed by atoms with van der Waals surface area (Å²) in [5.41, 5.74) is 3.26. The number of unbranched alkanes of at least 4 members (excludes halogenated alkanes) is 1. The number of anilines is 1. The lowest BCUT2D eigenvalue weighted by Gasteiger charge is -2.13. The van der Waals surface area contributed by atoms with Crippen molar-refractivity contribution >= 4 is 5.82 Å². The summed E-state index contributed by atoms with van der Waals surface area (Å²) in [7, 11) is 1.79. The smallest absolute Gasteiger partial charge is 0.162 e. The number of aliphatic hydroxyl groups excluding tert-OH is 1. The molecule has 3 rings (SSSR count). The molecule has 0 fully saturated rings. The van der Waals surface area contributed by atoms with Crippen molar-refractivity contribution < 1.29 is 14.4 Å². The molecule has 0 amide bonds. The molecular weight excluding hydrogens is 394 g/mol. The van der Waals surface area contributed by atoms with E-state index in [2.05, 4.69) is 22.7 Å². The van der Waals surface area contributed by atoms with E-state index < -0.39 is 6.10 Å². The van der Waals surface area contributed by atoms with Crippen molar-refractivity contribution in [2.24, 2.45) is 0 Å². The minimum atomic E-state index is -0.581. The predicted molar refractivity (Wildman–Crippen MR) is 121 cm³/mol. The number of aliphatic hydroxyl groups is 1. The Morgan fingerprint density at radius 1 is 1.19 bits per heavy atom. The van der Waals surface area contributed by atoms with E-state index in [-0.39, 0.29) is 6.61 Å². The van der Waals surface area contributed by atoms with Gasteiger partial charge in [-0.1, -0.05) is 30.6 Å². The van der Waals surface area contributed by atoms with Gasteiger partial charge < -0.3 is 25.0 Å². The number of rotatable bonds is 11. The number of nitrogens with zero attached hydrogens (tertiary/aromatic N) is 3. The maximum Gasteiger partial charge on any atom is 0.162 e. The van der Waals surface area contributed by atoms with Crippen LogP contribution in [0.4, 0.5) is 5.82 Å². The lowest BCUT2D eigenvalue weighted by atomic mass is 10.1. The lowest BCUT2D eigenvalue weighted by molar-refractivity contribution is 0.108. The summed E-state index contributed by atoms with van der Waals surface area (Å²) in [6, 6.07) is 9.51. The molecule has 3 N–H and O–H groups in total. The van der Waals surface area contributed by atoms with Crippen LogP contribution in [0.2, 0.25) is 0 Å². The van der Waals surface area contributed by atoms with Crippen LogP contribution in [0, 0.1) is 13.8 Å². The van der Waals surface area contributed by atoms with Gasteiger partial charge in [-0.15, -0.1) is 0 Å². The van der Waals surface area contributed by atoms with Crippen LogP contribution in [-0.4, -0.2) is 53.1 Å². The SMILES string of the molecule is CCCCNc1cc(-c2c(C)noc2C)nc(-c2cccc(OCC(O)CNC)c2)n1. The minimum Gasteiger partial charge on any atom is -0.491 e. The number of hydrogen-bond donors (Lipinski definition) is 3. The van der Waals surface area contributed by atoms with Crippen LogP contribution in [0.25, 0.3) is 22.6 Å². The van der Waals surface area contributed by atoms with Gasteiger partial charge in [0.2, 0.25) is 0 Å². The third-order valence-corrected chi connectivity index (χ3v) is 4.83. The highest BCUT2D eigenvalue weighted by Crippen LogP contribution is 2.30. The second-order valence-electron chi connectivity index (χ2n) is 7.49. The van der Waals surface area contributed by atoms with Gasteiger partial charge in [0.1, 0.15) is 30.0 Å². The molecule has 1 atom stereocenters. The van der Waals surface area contributed by atoms with E-state index in [0.29, 0.717) is 18.1 Å². The largest absolute Gasteiger partial charge is 0.491 e. The standard InChI is InChI=1S/C23H31N5O3/c1-5-6-10-25-21-12-20(22-15(2)28-31-16(22)3)26-23(27-21)17-8-7-9-19(11-17)30-14-18(29)13-24-4/h7-9,11-12,18,24,29H,5-6,10,13-14H2,1-4H3,(H,25,26,27). The van der Waals surface area contributed by atoms with Crippen LogP contribution >= 0.6 is 0 Å². The first kappa shape index (κ1) is 22.7. The van der Waals surface area contributed by atoms with E-state index in [1.807, 2.05) is 44.2 Å². The van der Waals surface area contributed by atoms with Crippen molar-refractivity contribution in [3.8, 4) is 28.4 Å². The van der Waals surface area contributed by atoms with Gasteiger partial charge in [0.15, 0.2) is 5.82 Å². The third-order valence-electron chi connectivity index (χ3n) is 4.83. The van der Waals surface area contributed by atoms with Crippen LogP contribution in [-0.2, 0) is 0 Å². The number of benzene rings is 1. The predicted octanol–water partition coefficient (Wildman–Crippen LogP) is 3.59. The molecule has 2 aromatic heterocycles. The van der Waals surface area contributed by atoms with Crippen molar-refractivity contribution in [1.82, 2.24) is 20.4 Å². The van der Waals surface area contributed by atoms with Crippen molar-refractivity contribution in [3.63, 3.8) is 0 Å². The first-order valence-corrected chi connectivity index (χ1v) is 10.6. The molecular formula is C23H31N5O3. The molecule has 166 valence electrons. The van der Waals surface area contributed by atoms with Crippen LogP contribution in [0.3, 0.4) is 0 Å². The zero-order valence-corrected chi connectivity index (χ0v) is 18.6. The Bertz CT molecular complexity index is 970. The summed E-state index contributed by atoms with van der Waals surface area (Å²) >= 11 is 0. The Hall–Kier alpha value is -2.97. The van der Waals surface area contributed by atoms with Gasteiger partial charge in [0.25, 0.3) is 0 Å². The van der Waals surface area contributed by atoms with E-state index >= 15 is 0 Å². The molecule has 0 saturated heterocycles. The third kappa shape index (κ3) is 6.02. The van der Waals surface area contributed by atoms with Crippen LogP contribution in [0.5, 0.6) is 5.75 Å². The highest BCUT2D eigenvalue weighted by Gasteiger charge is 2.16. The molecule has 0 spiro atoms. The lowest BCUT2D eigenvalue weighted by Crippen LogP contribution is -2.29. The molecule has 0 aliphatic heterocycles. The number of nitrogens with one attached hydrogen (secondary N) is 2. The Kier molecular flexibility index (Phi) is 7.97. The number of aromatic nitrogens is 3. The molecule has 1 unspecified atom stereocenters. The Morgan fingerprint density at radius 3 is 2.74 bits per heavy atom. The highest BCUT2D eigenvalue weighted by atomic mass is 16.5. The van der Waals surface area contributed by atoms with Gasteiger partial charge in [-0.05, 0) is 39.4 Å². The Labute approximate surface area is 183 Å². The van der Waals surface area contributed by atoms with Gasteiger partial charge in [-0.3, -0.25) is 0 Å². The van der Waals surface area contributed by atoms with Gasteiger partial charge in [-0.2, -0.15) is 0 Å². The molecule has 8 nitrogen and oxygen atoms in total. The fourth-order valence-electron chi connectivity index (χ4n) is 3.25. The fraction of sp³-hybridized carbons (Fsp3) is 0.435. The normalized spacial score (nSPS) is 12.0. The van der Waals surface area contributed by atoms with E-state index in [1.54, 1.807) is 7.05 Å². The Balaban J connectivity index is 1.93. The summed E-state index contributed by atoms with van der Waals surface area (Å²) in [4.78, 5) is 9.52. The quantitative estimate of drug-likeness (QED) is 0.400. The maximum atomic E-state index is 9.89. The van der Waals surface area contributed by atoms with Crippen molar-refractivity contribution in [2.75, 3.05) is 32.1 Å². The molecule has 1 aromatic carbocycles. The number of hydrogen-bond acceptors (Lipinski definition) is 8. The summed E-state index contributed by atoms with van der Waals surface area (Å²) in [6.07, 6.45) is 1.57. The first-order chi connectivity index (χ1) is 15.0. The maximum absolute atomic E-state index is 9.89. The summed E-state index contributed by atoms with van der Waals surface area (Å²) in [5, 5.41) is 20.3. The number of likely N-dealkylation sites (N-methyl/N-ethyl adjacent to an activating group) is 1. The number of ether oxygens (including phenoxy) is 1. The fourth-order valence-corrected chi connectivity index (χ4v) is 3.25. The zero-order chi connectivity index (χ0) is 22.2. The second kappa shape index (κ2) is 10.9. The van der Waals surface area contributed by atoms with Gasteiger partial charge in [0, 0.05) is 24.7 Å². The summed E-state index contributed by atoms with van der Waals surface area (Å²) in [5.74, 6) is 2.71. The first-order valence-electron chi connectivity index (χ1n) is 10.6. The van der Waals surface area contributed by atoms with E-state index in [0.717, 1.165) is 53.5 Å². The topological polar surface area (TPSA) is 105 Å². The molecule has 0 aliphatic rings. The van der Waals surface area contributed by atoms with Crippen LogP contribution in [0.15, 0.2) is 34.9 Å². The molecule has 31 heavy (non-hydrogen) atoms. The van der Waals surface area contributed by atoms with Gasteiger partial charge in [-0.25, -0.2) is 9.97 Å². The van der Waals surface area contributed by atoms with Crippen molar-refractivity contribution in [2.45, 2.75) is 39.7 Å². The van der Waals surface area contributed by atoms with E-state index in [9.17, 15) is 5.11 Å². The molecule has 3 aromatic rings. The zero-order valence-electron chi connectivity index (χ0n) is 18.6. The Morgan fingerprint density at radius 2 is 2.03 bits per heavy atom.